The van der Waals surface area contributed by atoms with E-state index in [1.54, 1.807) is 0 Å². The molecule has 0 radical (unpaired) electrons. The molecule has 0 aromatic heterocycles. The predicted octanol–water partition coefficient (Wildman–Crippen LogP) is 2.18. The van der Waals surface area contributed by atoms with Gasteiger partial charge in [0.05, 0.1) is 6.10 Å². The van der Waals surface area contributed by atoms with Gasteiger partial charge in [-0.25, -0.2) is 0 Å². The first-order valence-electron chi connectivity index (χ1n) is 4.52. The van der Waals surface area contributed by atoms with Crippen molar-refractivity contribution in [3.63, 3.8) is 0 Å². The van der Waals surface area contributed by atoms with Crippen LogP contribution in [0.2, 0.25) is 0 Å². The first kappa shape index (κ1) is 13.2. The Labute approximate surface area is 97.6 Å². The van der Waals surface area contributed by atoms with E-state index in [1.807, 2.05) is 6.92 Å². The van der Waals surface area contributed by atoms with Gasteiger partial charge >= 0.3 is 29.6 Å². The number of hydrogen-bond donors (Lipinski definition) is 0. The minimum atomic E-state index is -1.67. The molecule has 0 aromatic rings. The van der Waals surface area contributed by atoms with Crippen LogP contribution in [0.4, 0.5) is 0 Å². The topological polar surface area (TPSA) is 26.3 Å². The monoisotopic (exact) mass is 200 g/mol. The van der Waals surface area contributed by atoms with Gasteiger partial charge in [-0.1, -0.05) is 19.8 Å². The van der Waals surface area contributed by atoms with Gasteiger partial charge in [-0.15, -0.1) is 0 Å². The molecule has 0 saturated heterocycles. The molecule has 0 spiro atoms. The average molecular weight is 200 g/mol. The van der Waals surface area contributed by atoms with Crippen molar-refractivity contribution in [3.05, 3.63) is 0 Å². The Morgan fingerprint density at radius 3 is 2.50 bits per heavy atom. The molecule has 0 bridgehead atoms. The quantitative estimate of drug-likeness (QED) is 0.513. The first-order chi connectivity index (χ1) is 5.33. The van der Waals surface area contributed by atoms with Crippen molar-refractivity contribution >= 4 is 37.6 Å². The fourth-order valence-corrected chi connectivity index (χ4v) is 2.59. The third-order valence-corrected chi connectivity index (χ3v) is 3.56. The van der Waals surface area contributed by atoms with Gasteiger partial charge in [0.25, 0.3) is 0 Å². The van der Waals surface area contributed by atoms with E-state index in [-0.39, 0.29) is 29.6 Å². The Balaban J connectivity index is 0.00000121. The van der Waals surface area contributed by atoms with Crippen molar-refractivity contribution in [2.24, 2.45) is 0 Å². The predicted molar refractivity (Wildman–Crippen MR) is 54.6 cm³/mol. The molecule has 12 heavy (non-hydrogen) atoms. The van der Waals surface area contributed by atoms with Gasteiger partial charge in [0.15, 0.2) is 8.03 Å². The Hall–Kier alpha value is 1.19. The normalized spacial score (nSPS) is 20.4. The summed E-state index contributed by atoms with van der Waals surface area (Å²) in [6.07, 6.45) is 6.83. The summed E-state index contributed by atoms with van der Waals surface area (Å²) in [7, 11) is -1.67. The molecule has 4 heteroatoms. The van der Waals surface area contributed by atoms with Crippen LogP contribution in [0.3, 0.4) is 0 Å². The molecule has 0 aliphatic heterocycles. The maximum absolute atomic E-state index is 11.2. The minimum absolute atomic E-state index is 0. The second kappa shape index (κ2) is 7.58. The van der Waals surface area contributed by atoms with E-state index in [0.29, 0.717) is 6.10 Å². The van der Waals surface area contributed by atoms with Crippen molar-refractivity contribution in [2.45, 2.75) is 45.1 Å². The fourth-order valence-electron chi connectivity index (χ4n) is 1.46. The molecule has 1 aliphatic rings. The van der Waals surface area contributed by atoms with Crippen molar-refractivity contribution in [2.75, 3.05) is 6.16 Å². The van der Waals surface area contributed by atoms with Crippen LogP contribution in [0, 0.1) is 0 Å². The summed E-state index contributed by atoms with van der Waals surface area (Å²) in [5.74, 6) is 0. The molecule has 1 aliphatic carbocycles. The van der Waals surface area contributed by atoms with Gasteiger partial charge in [0.2, 0.25) is 0 Å². The molecule has 0 N–H and O–H groups in total. The summed E-state index contributed by atoms with van der Waals surface area (Å²) in [6.45, 7) is 2.04. The summed E-state index contributed by atoms with van der Waals surface area (Å²) in [6, 6.07) is 0. The van der Waals surface area contributed by atoms with E-state index in [0.717, 1.165) is 25.4 Å². The van der Waals surface area contributed by atoms with Gasteiger partial charge in [-0.05, 0) is 19.3 Å². The summed E-state index contributed by atoms with van der Waals surface area (Å²) in [5.41, 5.74) is 0. The second-order valence-electron chi connectivity index (χ2n) is 3.15. The molecule has 0 aromatic carbocycles. The maximum atomic E-state index is 11.2. The Kier molecular flexibility index (Phi) is 8.33. The van der Waals surface area contributed by atoms with Gasteiger partial charge < -0.3 is 4.52 Å². The van der Waals surface area contributed by atoms with Gasteiger partial charge in [-0.3, -0.25) is 4.57 Å². The average Bonchev–Trinajstić information content (AvgIpc) is 2.40. The van der Waals surface area contributed by atoms with Crippen LogP contribution >= 0.6 is 8.03 Å². The molecule has 1 rings (SSSR count). The summed E-state index contributed by atoms with van der Waals surface area (Å²) < 4.78 is 16.6. The van der Waals surface area contributed by atoms with Crippen LogP contribution in [-0.4, -0.2) is 41.8 Å². The van der Waals surface area contributed by atoms with Gasteiger partial charge in [-0.2, -0.15) is 0 Å². The van der Waals surface area contributed by atoms with Crippen LogP contribution in [0.25, 0.3) is 0 Å². The number of rotatable bonds is 4. The van der Waals surface area contributed by atoms with Crippen molar-refractivity contribution in [1.29, 1.82) is 0 Å². The summed E-state index contributed by atoms with van der Waals surface area (Å²) in [4.78, 5) is 0. The van der Waals surface area contributed by atoms with E-state index < -0.39 is 8.03 Å². The van der Waals surface area contributed by atoms with Gasteiger partial charge in [0, 0.05) is 6.16 Å². The Morgan fingerprint density at radius 2 is 2.00 bits per heavy atom. The van der Waals surface area contributed by atoms with Gasteiger partial charge in [0.1, 0.15) is 0 Å². The van der Waals surface area contributed by atoms with Crippen LogP contribution in [0.1, 0.15) is 39.0 Å². The summed E-state index contributed by atoms with van der Waals surface area (Å²) >= 11 is 0. The zero-order chi connectivity index (χ0) is 8.10. The molecule has 1 fully saturated rings. The molecule has 1 unspecified atom stereocenters. The zero-order valence-corrected chi connectivity index (χ0v) is 8.14. The third-order valence-electron chi connectivity index (χ3n) is 2.05. The van der Waals surface area contributed by atoms with E-state index in [1.165, 1.54) is 12.8 Å². The Morgan fingerprint density at radius 1 is 1.42 bits per heavy atom. The zero-order valence-electron chi connectivity index (χ0n) is 7.14. The molecule has 0 heterocycles. The molecule has 1 atom stereocenters. The van der Waals surface area contributed by atoms with E-state index in [9.17, 15) is 4.57 Å². The first-order valence-corrected chi connectivity index (χ1v) is 6.04. The van der Waals surface area contributed by atoms with Crippen LogP contribution in [0.15, 0.2) is 0 Å². The number of hydrogen-bond acceptors (Lipinski definition) is 2. The molecule has 1 saturated carbocycles. The molecular weight excluding hydrogens is 182 g/mol. The van der Waals surface area contributed by atoms with Crippen molar-refractivity contribution < 1.29 is 9.09 Å². The third kappa shape index (κ3) is 5.04. The van der Waals surface area contributed by atoms with Crippen LogP contribution in [-0.2, 0) is 9.09 Å². The SMILES string of the molecule is CCC[PH](=O)OC1CCCC1.[NaH]. The standard InChI is InChI=1S/C8H17O2P.Na.H/c1-2-7-11(9)10-8-5-3-4-6-8;;/h8,11H,2-7H2,1H3;;. The van der Waals surface area contributed by atoms with Crippen molar-refractivity contribution in [3.8, 4) is 0 Å². The molecule has 0 amide bonds. The van der Waals surface area contributed by atoms with E-state index >= 15 is 0 Å². The van der Waals surface area contributed by atoms with Crippen LogP contribution < -0.4 is 0 Å². The van der Waals surface area contributed by atoms with E-state index in [2.05, 4.69) is 0 Å². The van der Waals surface area contributed by atoms with Crippen LogP contribution in [0.5, 0.6) is 0 Å². The molecule has 68 valence electrons. The van der Waals surface area contributed by atoms with Crippen molar-refractivity contribution in [1.82, 2.24) is 0 Å². The van der Waals surface area contributed by atoms with E-state index in [4.69, 9.17) is 4.52 Å². The second-order valence-corrected chi connectivity index (χ2v) is 4.63. The fraction of sp³-hybridized carbons (Fsp3) is 1.00. The molecule has 2 nitrogen and oxygen atoms in total. The summed E-state index contributed by atoms with van der Waals surface area (Å²) in [5, 5.41) is 0. The molecular formula is C8H18NaO2P. The Bertz CT molecular complexity index is 135.